The summed E-state index contributed by atoms with van der Waals surface area (Å²) in [6, 6.07) is -3.50. The van der Waals surface area contributed by atoms with Crippen LogP contribution in [-0.4, -0.2) is 94.7 Å². The van der Waals surface area contributed by atoms with Crippen LogP contribution in [0.15, 0.2) is 10.4 Å². The normalized spacial score (nSPS) is 21.4. The van der Waals surface area contributed by atoms with Gasteiger partial charge >= 0.3 is 5.97 Å². The van der Waals surface area contributed by atoms with E-state index in [-0.39, 0.29) is 36.4 Å². The van der Waals surface area contributed by atoms with E-state index in [9.17, 15) is 33.9 Å². The van der Waals surface area contributed by atoms with Crippen LogP contribution in [0.3, 0.4) is 0 Å². The van der Waals surface area contributed by atoms with Crippen molar-refractivity contribution in [1.29, 1.82) is 0 Å². The SMILES string of the molecule is CC(C)[C@@H]1NC(=O)Cc2csc(n2)NC(=O)[C@H](CC(=O)O)NC(=O)CNC(=O)[C@H](CCCN=C(N)N)N(C)C1=O. The molecule has 0 aliphatic carbocycles. The molecule has 16 nitrogen and oxygen atoms in total. The number of thiazole rings is 1. The van der Waals surface area contributed by atoms with Gasteiger partial charge in [-0.3, -0.25) is 33.8 Å². The van der Waals surface area contributed by atoms with Gasteiger partial charge in [-0.25, -0.2) is 4.98 Å². The molecule has 40 heavy (non-hydrogen) atoms. The highest BCUT2D eigenvalue weighted by Crippen LogP contribution is 2.17. The van der Waals surface area contributed by atoms with Crippen molar-refractivity contribution in [1.82, 2.24) is 25.8 Å². The van der Waals surface area contributed by atoms with E-state index in [0.717, 1.165) is 11.3 Å². The number of amides is 5. The van der Waals surface area contributed by atoms with Gasteiger partial charge in [-0.15, -0.1) is 11.3 Å². The Hall–Kier alpha value is -4.28. The lowest BCUT2D eigenvalue weighted by Gasteiger charge is -2.32. The molecule has 0 saturated heterocycles. The highest BCUT2D eigenvalue weighted by molar-refractivity contribution is 7.14. The van der Waals surface area contributed by atoms with E-state index in [4.69, 9.17) is 11.5 Å². The molecule has 1 aliphatic rings. The molecule has 5 amide bonds. The number of carbonyl (C=O) groups is 6. The minimum atomic E-state index is -1.47. The van der Waals surface area contributed by atoms with E-state index in [2.05, 4.69) is 31.2 Å². The maximum atomic E-state index is 13.5. The fraction of sp³-hybridized carbons (Fsp3) is 0.565. The van der Waals surface area contributed by atoms with Crippen molar-refractivity contribution in [3.8, 4) is 0 Å². The Kier molecular flexibility index (Phi) is 11.8. The molecule has 2 heterocycles. The van der Waals surface area contributed by atoms with Gasteiger partial charge in [0, 0.05) is 19.0 Å². The number of hydrogen-bond acceptors (Lipinski definition) is 9. The van der Waals surface area contributed by atoms with Gasteiger partial charge in [-0.2, -0.15) is 0 Å². The number of nitrogens with zero attached hydrogens (tertiary/aromatic N) is 3. The molecule has 0 radical (unpaired) electrons. The number of guanidine groups is 1. The molecule has 9 N–H and O–H groups in total. The molecule has 1 aromatic rings. The third-order valence-electron chi connectivity index (χ3n) is 5.87. The number of anilines is 1. The summed E-state index contributed by atoms with van der Waals surface area (Å²) < 4.78 is 0. The van der Waals surface area contributed by atoms with Gasteiger partial charge in [0.2, 0.25) is 29.5 Å². The van der Waals surface area contributed by atoms with Crippen LogP contribution in [-0.2, 0) is 35.2 Å². The molecule has 0 unspecified atom stereocenters. The summed E-state index contributed by atoms with van der Waals surface area (Å²) in [5.41, 5.74) is 11.0. The van der Waals surface area contributed by atoms with Crippen molar-refractivity contribution in [2.45, 2.75) is 57.7 Å². The average Bonchev–Trinajstić information content (AvgIpc) is 3.29. The second-order valence-electron chi connectivity index (χ2n) is 9.45. The zero-order chi connectivity index (χ0) is 30.0. The monoisotopic (exact) mass is 581 g/mol. The van der Waals surface area contributed by atoms with E-state index in [1.54, 1.807) is 13.8 Å². The highest BCUT2D eigenvalue weighted by Gasteiger charge is 2.34. The third kappa shape index (κ3) is 9.79. The topological polar surface area (TPSA) is 251 Å². The van der Waals surface area contributed by atoms with Crippen LogP contribution in [0.5, 0.6) is 0 Å². The molecular weight excluding hydrogens is 546 g/mol. The van der Waals surface area contributed by atoms with Gasteiger partial charge in [-0.05, 0) is 18.8 Å². The van der Waals surface area contributed by atoms with Crippen molar-refractivity contribution in [2.75, 3.05) is 25.5 Å². The van der Waals surface area contributed by atoms with Crippen LogP contribution < -0.4 is 32.7 Å². The highest BCUT2D eigenvalue weighted by atomic mass is 32.1. The zero-order valence-electron chi connectivity index (χ0n) is 22.4. The summed E-state index contributed by atoms with van der Waals surface area (Å²) in [6.45, 7) is 3.07. The standard InChI is InChI=1S/C23H35N9O7S/c1-11(2)18-21(39)32(3)14(5-4-6-26-22(24)25)20(38)27-9-16(34)29-13(8-17(35)36)19(37)31-23-28-12(10-40-23)7-15(33)30-18/h10-11,13-14,18H,4-9H2,1-3H3,(H,27,38)(H,29,34)(H,30,33)(H,35,36)(H4,24,25,26)(H,28,31,37)/t13-,14-,18-/m0/s1. The molecule has 2 bridgehead atoms. The molecule has 17 heteroatoms. The molecule has 0 fully saturated rings. The number of likely N-dealkylation sites (N-methyl/N-ethyl adjacent to an activating group) is 1. The van der Waals surface area contributed by atoms with E-state index in [0.29, 0.717) is 12.1 Å². The van der Waals surface area contributed by atoms with Gasteiger partial charge in [0.25, 0.3) is 0 Å². The van der Waals surface area contributed by atoms with Gasteiger partial charge in [0.15, 0.2) is 11.1 Å². The third-order valence-corrected chi connectivity index (χ3v) is 6.68. The number of carboxylic acid groups (broad SMARTS) is 1. The van der Waals surface area contributed by atoms with Crippen molar-refractivity contribution in [2.24, 2.45) is 22.4 Å². The second kappa shape index (κ2) is 14.8. The van der Waals surface area contributed by atoms with Gasteiger partial charge in [0.05, 0.1) is 25.1 Å². The molecule has 0 spiro atoms. The minimum absolute atomic E-state index is 0.0895. The number of rotatable bonds is 7. The quantitative estimate of drug-likeness (QED) is 0.103. The molecule has 0 saturated carbocycles. The van der Waals surface area contributed by atoms with Crippen LogP contribution in [0, 0.1) is 5.92 Å². The van der Waals surface area contributed by atoms with Crippen LogP contribution in [0.4, 0.5) is 5.13 Å². The Morgan fingerprint density at radius 2 is 1.88 bits per heavy atom. The maximum absolute atomic E-state index is 13.5. The zero-order valence-corrected chi connectivity index (χ0v) is 23.2. The van der Waals surface area contributed by atoms with Gasteiger partial charge < -0.3 is 42.7 Å². The molecule has 220 valence electrons. The molecule has 2 rings (SSSR count). The van der Waals surface area contributed by atoms with E-state index < -0.39 is 66.6 Å². The molecule has 1 aromatic heterocycles. The number of carbonyl (C=O) groups excluding carboxylic acids is 5. The largest absolute Gasteiger partial charge is 0.481 e. The number of aliphatic imine (C=N–C) groups is 1. The van der Waals surface area contributed by atoms with E-state index in [1.807, 2.05) is 0 Å². The first-order valence-corrected chi connectivity index (χ1v) is 13.3. The first-order chi connectivity index (χ1) is 18.8. The van der Waals surface area contributed by atoms with Crippen molar-refractivity contribution >= 4 is 57.9 Å². The van der Waals surface area contributed by atoms with Crippen LogP contribution in [0.2, 0.25) is 0 Å². The van der Waals surface area contributed by atoms with Crippen LogP contribution >= 0.6 is 11.3 Å². The minimum Gasteiger partial charge on any atom is -0.481 e. The molecule has 1 aliphatic heterocycles. The Labute approximate surface area is 234 Å². The number of aromatic nitrogens is 1. The predicted octanol–water partition coefficient (Wildman–Crippen LogP) is -2.27. The molecular formula is C23H35N9O7S. The summed E-state index contributed by atoms with van der Waals surface area (Å²) in [6.07, 6.45) is -0.500. The first-order valence-electron chi connectivity index (χ1n) is 12.4. The maximum Gasteiger partial charge on any atom is 0.305 e. The Morgan fingerprint density at radius 3 is 2.50 bits per heavy atom. The summed E-state index contributed by atoms with van der Waals surface area (Å²) in [7, 11) is 1.41. The van der Waals surface area contributed by atoms with Gasteiger partial charge in [0.1, 0.15) is 18.1 Å². The summed E-state index contributed by atoms with van der Waals surface area (Å²) in [5, 5.41) is 20.7. The summed E-state index contributed by atoms with van der Waals surface area (Å²) >= 11 is 1.00. The first kappa shape index (κ1) is 31.9. The van der Waals surface area contributed by atoms with Crippen molar-refractivity contribution in [3.05, 3.63) is 11.1 Å². The Balaban J connectivity index is 2.39. The predicted molar refractivity (Wildman–Crippen MR) is 145 cm³/mol. The smallest absolute Gasteiger partial charge is 0.305 e. The summed E-state index contributed by atoms with van der Waals surface area (Å²) in [4.78, 5) is 85.2. The number of nitrogens with two attached hydrogens (primary N) is 2. The molecule has 0 aromatic carbocycles. The van der Waals surface area contributed by atoms with E-state index in [1.165, 1.54) is 17.3 Å². The van der Waals surface area contributed by atoms with Crippen molar-refractivity contribution in [3.63, 3.8) is 0 Å². The number of carboxylic acids is 1. The van der Waals surface area contributed by atoms with Gasteiger partial charge in [-0.1, -0.05) is 13.8 Å². The fourth-order valence-electron chi connectivity index (χ4n) is 3.82. The Morgan fingerprint density at radius 1 is 1.18 bits per heavy atom. The number of nitrogens with one attached hydrogen (secondary N) is 4. The number of fused-ring (bicyclic) bond motifs is 2. The Bertz CT molecular complexity index is 1150. The van der Waals surface area contributed by atoms with Crippen LogP contribution in [0.1, 0.15) is 38.8 Å². The lowest BCUT2D eigenvalue weighted by molar-refractivity contribution is -0.143. The average molecular weight is 582 g/mol. The second-order valence-corrected chi connectivity index (χ2v) is 10.3. The van der Waals surface area contributed by atoms with E-state index >= 15 is 0 Å². The summed E-state index contributed by atoms with van der Waals surface area (Å²) in [5.74, 6) is -5.18. The van der Waals surface area contributed by atoms with Crippen molar-refractivity contribution < 1.29 is 33.9 Å². The lowest BCUT2D eigenvalue weighted by Crippen LogP contribution is -2.57. The number of aliphatic carboxylic acids is 1. The van der Waals surface area contributed by atoms with Crippen LogP contribution in [0.25, 0.3) is 0 Å². The fourth-order valence-corrected chi connectivity index (χ4v) is 4.53. The lowest BCUT2D eigenvalue weighted by atomic mass is 10.0. The number of hydrogen-bond donors (Lipinski definition) is 7. The molecule has 3 atom stereocenters.